The van der Waals surface area contributed by atoms with E-state index in [2.05, 4.69) is 18.3 Å². The van der Waals surface area contributed by atoms with Gasteiger partial charge in [0.25, 0.3) is 0 Å². The number of anilines is 2. The Morgan fingerprint density at radius 2 is 1.94 bits per heavy atom. The van der Waals surface area contributed by atoms with E-state index in [1.807, 2.05) is 36.4 Å². The Labute approximate surface area is 108 Å². The minimum absolute atomic E-state index is 0.687. The third-order valence-electron chi connectivity index (χ3n) is 2.88. The van der Waals surface area contributed by atoms with Gasteiger partial charge in [0.2, 0.25) is 0 Å². The minimum atomic E-state index is 0.687. The molecule has 0 saturated carbocycles. The number of aryl methyl sites for hydroxylation is 1. The van der Waals surface area contributed by atoms with Crippen LogP contribution in [0.2, 0.25) is 0 Å². The molecule has 3 heteroatoms. The van der Waals surface area contributed by atoms with E-state index in [0.29, 0.717) is 6.54 Å². The second-order valence-electron chi connectivity index (χ2n) is 4.26. The minimum Gasteiger partial charge on any atom is -0.495 e. The number of nitrogen functional groups attached to an aromatic ring is 1. The van der Waals surface area contributed by atoms with Crippen LogP contribution in [-0.2, 0) is 6.54 Å². The Morgan fingerprint density at radius 1 is 1.17 bits per heavy atom. The highest BCUT2D eigenvalue weighted by molar-refractivity contribution is 5.59. The maximum absolute atomic E-state index is 5.91. The first-order chi connectivity index (χ1) is 8.70. The highest BCUT2D eigenvalue weighted by Gasteiger charge is 2.03. The van der Waals surface area contributed by atoms with Gasteiger partial charge in [-0.05, 0) is 36.2 Å². The highest BCUT2D eigenvalue weighted by atomic mass is 16.5. The molecule has 94 valence electrons. The Morgan fingerprint density at radius 3 is 2.67 bits per heavy atom. The number of methoxy groups -OCH3 is 1. The van der Waals surface area contributed by atoms with Gasteiger partial charge in [0, 0.05) is 12.2 Å². The number of para-hydroxylation sites is 1. The third-order valence-corrected chi connectivity index (χ3v) is 2.88. The predicted octanol–water partition coefficient (Wildman–Crippen LogP) is 3.20. The molecule has 0 spiro atoms. The summed E-state index contributed by atoms with van der Waals surface area (Å²) in [5.74, 6) is 0.843. The zero-order chi connectivity index (χ0) is 13.0. The third kappa shape index (κ3) is 2.74. The fraction of sp³-hybridized carbons (Fsp3) is 0.200. The normalized spacial score (nSPS) is 10.1. The van der Waals surface area contributed by atoms with Crippen LogP contribution in [0.15, 0.2) is 42.5 Å². The van der Waals surface area contributed by atoms with E-state index in [4.69, 9.17) is 10.5 Å². The fourth-order valence-corrected chi connectivity index (χ4v) is 1.85. The van der Waals surface area contributed by atoms with E-state index < -0.39 is 0 Å². The van der Waals surface area contributed by atoms with Crippen LogP contribution in [0.3, 0.4) is 0 Å². The number of rotatable bonds is 4. The van der Waals surface area contributed by atoms with Crippen LogP contribution in [0, 0.1) is 6.92 Å². The summed E-state index contributed by atoms with van der Waals surface area (Å²) in [4.78, 5) is 0. The summed E-state index contributed by atoms with van der Waals surface area (Å²) in [7, 11) is 1.67. The molecule has 0 saturated heterocycles. The van der Waals surface area contributed by atoms with E-state index in [1.165, 1.54) is 5.56 Å². The van der Waals surface area contributed by atoms with Gasteiger partial charge in [0.1, 0.15) is 5.75 Å². The molecular formula is C15H18N2O. The molecule has 0 aliphatic heterocycles. The molecule has 0 unspecified atom stereocenters. The average Bonchev–Trinajstić information content (AvgIpc) is 2.38. The zero-order valence-corrected chi connectivity index (χ0v) is 10.7. The summed E-state index contributed by atoms with van der Waals surface area (Å²) in [5.41, 5.74) is 9.98. The van der Waals surface area contributed by atoms with Crippen LogP contribution in [0.25, 0.3) is 0 Å². The van der Waals surface area contributed by atoms with Crippen molar-refractivity contribution in [2.24, 2.45) is 0 Å². The van der Waals surface area contributed by atoms with Gasteiger partial charge < -0.3 is 15.8 Å². The molecular weight excluding hydrogens is 224 g/mol. The summed E-state index contributed by atoms with van der Waals surface area (Å²) in [6, 6.07) is 13.9. The number of benzene rings is 2. The molecule has 0 radical (unpaired) electrons. The van der Waals surface area contributed by atoms with Crippen molar-refractivity contribution in [1.82, 2.24) is 0 Å². The molecule has 18 heavy (non-hydrogen) atoms. The van der Waals surface area contributed by atoms with Crippen molar-refractivity contribution in [2.75, 3.05) is 18.2 Å². The lowest BCUT2D eigenvalue weighted by molar-refractivity contribution is 0.416. The van der Waals surface area contributed by atoms with Crippen LogP contribution in [-0.4, -0.2) is 7.11 Å². The number of hydrogen-bond acceptors (Lipinski definition) is 3. The topological polar surface area (TPSA) is 47.3 Å². The van der Waals surface area contributed by atoms with Crippen molar-refractivity contribution in [1.29, 1.82) is 0 Å². The van der Waals surface area contributed by atoms with Gasteiger partial charge in [0.05, 0.1) is 12.8 Å². The van der Waals surface area contributed by atoms with Gasteiger partial charge in [-0.1, -0.05) is 24.3 Å². The zero-order valence-electron chi connectivity index (χ0n) is 10.7. The quantitative estimate of drug-likeness (QED) is 0.809. The van der Waals surface area contributed by atoms with Crippen molar-refractivity contribution in [3.8, 4) is 5.75 Å². The Kier molecular flexibility index (Phi) is 3.72. The van der Waals surface area contributed by atoms with Crippen LogP contribution in [0.4, 0.5) is 11.4 Å². The van der Waals surface area contributed by atoms with Gasteiger partial charge >= 0.3 is 0 Å². The number of hydrogen-bond donors (Lipinski definition) is 2. The number of nitrogens with two attached hydrogens (primary N) is 1. The first kappa shape index (κ1) is 12.3. The Balaban J connectivity index is 2.15. The molecule has 0 aliphatic carbocycles. The molecule has 0 fully saturated rings. The molecule has 0 heterocycles. The van der Waals surface area contributed by atoms with E-state index >= 15 is 0 Å². The molecule has 0 bridgehead atoms. The van der Waals surface area contributed by atoms with Gasteiger partial charge in [-0.25, -0.2) is 0 Å². The largest absolute Gasteiger partial charge is 0.495 e. The first-order valence-electron chi connectivity index (χ1n) is 5.92. The number of ether oxygens (including phenoxy) is 1. The summed E-state index contributed by atoms with van der Waals surface area (Å²) < 4.78 is 5.33. The van der Waals surface area contributed by atoms with Gasteiger partial charge in [0.15, 0.2) is 0 Å². The molecule has 0 atom stereocenters. The average molecular weight is 242 g/mol. The van der Waals surface area contributed by atoms with Crippen molar-refractivity contribution >= 4 is 11.4 Å². The van der Waals surface area contributed by atoms with Crippen LogP contribution < -0.4 is 15.8 Å². The molecule has 0 amide bonds. The van der Waals surface area contributed by atoms with E-state index in [-0.39, 0.29) is 0 Å². The van der Waals surface area contributed by atoms with Crippen molar-refractivity contribution in [3.63, 3.8) is 0 Å². The molecule has 2 rings (SSSR count). The summed E-state index contributed by atoms with van der Waals surface area (Å²) in [6.45, 7) is 2.74. The van der Waals surface area contributed by atoms with Gasteiger partial charge in [-0.3, -0.25) is 0 Å². The van der Waals surface area contributed by atoms with Crippen LogP contribution >= 0.6 is 0 Å². The Hall–Kier alpha value is -2.16. The molecule has 0 aliphatic rings. The summed E-state index contributed by atoms with van der Waals surface area (Å²) in [6.07, 6.45) is 0. The van der Waals surface area contributed by atoms with Gasteiger partial charge in [-0.2, -0.15) is 0 Å². The maximum atomic E-state index is 5.91. The van der Waals surface area contributed by atoms with Crippen molar-refractivity contribution in [2.45, 2.75) is 13.5 Å². The van der Waals surface area contributed by atoms with Crippen LogP contribution in [0.5, 0.6) is 5.75 Å². The smallest absolute Gasteiger partial charge is 0.141 e. The molecule has 3 N–H and O–H groups in total. The molecule has 3 nitrogen and oxygen atoms in total. The van der Waals surface area contributed by atoms with E-state index in [1.54, 1.807) is 7.11 Å². The molecule has 2 aromatic carbocycles. The SMILES string of the molecule is COc1ccc(C)cc1NCc1ccccc1N. The highest BCUT2D eigenvalue weighted by Crippen LogP contribution is 2.26. The summed E-state index contributed by atoms with van der Waals surface area (Å²) in [5, 5.41) is 3.36. The second kappa shape index (κ2) is 5.45. The van der Waals surface area contributed by atoms with Gasteiger partial charge in [-0.15, -0.1) is 0 Å². The lowest BCUT2D eigenvalue weighted by atomic mass is 10.1. The van der Waals surface area contributed by atoms with Crippen molar-refractivity contribution in [3.05, 3.63) is 53.6 Å². The van der Waals surface area contributed by atoms with E-state index in [0.717, 1.165) is 22.7 Å². The number of nitrogens with one attached hydrogen (secondary N) is 1. The Bertz CT molecular complexity index is 538. The first-order valence-corrected chi connectivity index (χ1v) is 5.92. The fourth-order valence-electron chi connectivity index (χ4n) is 1.85. The lowest BCUT2D eigenvalue weighted by Crippen LogP contribution is -2.04. The maximum Gasteiger partial charge on any atom is 0.141 e. The second-order valence-corrected chi connectivity index (χ2v) is 4.26. The van der Waals surface area contributed by atoms with Crippen molar-refractivity contribution < 1.29 is 4.74 Å². The summed E-state index contributed by atoms with van der Waals surface area (Å²) >= 11 is 0. The monoisotopic (exact) mass is 242 g/mol. The molecule has 0 aromatic heterocycles. The standard InChI is InChI=1S/C15H18N2O/c1-11-7-8-15(18-2)14(9-11)17-10-12-5-3-4-6-13(12)16/h3-9,17H,10,16H2,1-2H3. The van der Waals surface area contributed by atoms with E-state index in [9.17, 15) is 0 Å². The lowest BCUT2D eigenvalue weighted by Gasteiger charge is -2.13. The molecule has 2 aromatic rings. The predicted molar refractivity (Wildman–Crippen MR) is 75.9 cm³/mol. The van der Waals surface area contributed by atoms with Crippen LogP contribution in [0.1, 0.15) is 11.1 Å².